The van der Waals surface area contributed by atoms with Crippen LogP contribution in [-0.2, 0) is 7.05 Å². The number of nitrogens with zero attached hydrogens (tertiary/aromatic N) is 4. The fourth-order valence-electron chi connectivity index (χ4n) is 0.653. The zero-order valence-electron chi connectivity index (χ0n) is 6.67. The van der Waals surface area contributed by atoms with Gasteiger partial charge < -0.3 is 15.5 Å². The molecule has 1 atom stereocenters. The summed E-state index contributed by atoms with van der Waals surface area (Å²) in [6.07, 6.45) is -0.790. The zero-order valence-corrected chi connectivity index (χ0v) is 6.67. The molecule has 0 fully saturated rings. The molecule has 0 aliphatic heterocycles. The third-order valence-corrected chi connectivity index (χ3v) is 1.33. The van der Waals surface area contributed by atoms with E-state index < -0.39 is 6.10 Å². The second kappa shape index (κ2) is 3.98. The maximum atomic E-state index is 8.96. The fourth-order valence-corrected chi connectivity index (χ4v) is 0.653. The first-order valence-corrected chi connectivity index (χ1v) is 3.49. The Morgan fingerprint density at radius 1 is 1.67 bits per heavy atom. The standard InChI is InChI=1S/C5H11N5O2/c1-10-5(7-8-9-10)6-2-4(12)3-11/h4,11-12H,2-3H2,1H3,(H,6,7,9). The molecule has 1 rings (SSSR count). The van der Waals surface area contributed by atoms with Crippen LogP contribution in [0, 0.1) is 0 Å². The Morgan fingerprint density at radius 2 is 2.42 bits per heavy atom. The molecular weight excluding hydrogens is 162 g/mol. The summed E-state index contributed by atoms with van der Waals surface area (Å²) < 4.78 is 1.43. The summed E-state index contributed by atoms with van der Waals surface area (Å²) in [5.74, 6) is 0.461. The summed E-state index contributed by atoms with van der Waals surface area (Å²) in [7, 11) is 1.67. The lowest BCUT2D eigenvalue weighted by Gasteiger charge is -2.07. The van der Waals surface area contributed by atoms with E-state index >= 15 is 0 Å². The molecule has 1 unspecified atom stereocenters. The third-order valence-electron chi connectivity index (χ3n) is 1.33. The van der Waals surface area contributed by atoms with E-state index in [0.717, 1.165) is 0 Å². The highest BCUT2D eigenvalue weighted by molar-refractivity contribution is 5.20. The lowest BCUT2D eigenvalue weighted by atomic mass is 10.4. The predicted octanol–water partition coefficient (Wildman–Crippen LogP) is -2.02. The van der Waals surface area contributed by atoms with Crippen LogP contribution >= 0.6 is 0 Å². The Morgan fingerprint density at radius 3 is 2.92 bits per heavy atom. The molecule has 0 spiro atoms. The Kier molecular flexibility index (Phi) is 2.94. The summed E-state index contributed by atoms with van der Waals surface area (Å²) in [5, 5.41) is 30.8. The van der Waals surface area contributed by atoms with Crippen molar-refractivity contribution >= 4 is 5.95 Å². The van der Waals surface area contributed by atoms with Gasteiger partial charge in [-0.05, 0) is 10.4 Å². The number of aliphatic hydroxyl groups is 2. The number of nitrogens with one attached hydrogen (secondary N) is 1. The van der Waals surface area contributed by atoms with Crippen LogP contribution in [0.25, 0.3) is 0 Å². The summed E-state index contributed by atoms with van der Waals surface area (Å²) >= 11 is 0. The number of aliphatic hydroxyl groups excluding tert-OH is 2. The minimum Gasteiger partial charge on any atom is -0.394 e. The van der Waals surface area contributed by atoms with Gasteiger partial charge in [-0.3, -0.25) is 0 Å². The first-order chi connectivity index (χ1) is 5.74. The summed E-state index contributed by atoms with van der Waals surface area (Å²) in [6.45, 7) is -0.0526. The molecule has 0 saturated carbocycles. The maximum absolute atomic E-state index is 8.96. The van der Waals surface area contributed by atoms with Crippen molar-refractivity contribution in [2.24, 2.45) is 7.05 Å². The zero-order chi connectivity index (χ0) is 8.97. The Hall–Kier alpha value is -1.21. The van der Waals surface area contributed by atoms with E-state index in [1.54, 1.807) is 7.05 Å². The summed E-state index contributed by atoms with van der Waals surface area (Å²) in [5.41, 5.74) is 0. The molecule has 0 bridgehead atoms. The van der Waals surface area contributed by atoms with Crippen LogP contribution < -0.4 is 5.32 Å². The monoisotopic (exact) mass is 173 g/mol. The van der Waals surface area contributed by atoms with E-state index in [4.69, 9.17) is 10.2 Å². The maximum Gasteiger partial charge on any atom is 0.242 e. The second-order valence-electron chi connectivity index (χ2n) is 2.34. The van der Waals surface area contributed by atoms with Crippen LogP contribution in [-0.4, -0.2) is 49.7 Å². The van der Waals surface area contributed by atoms with E-state index in [-0.39, 0.29) is 13.2 Å². The molecule has 0 aromatic carbocycles. The minimum atomic E-state index is -0.790. The predicted molar refractivity (Wildman–Crippen MR) is 40.4 cm³/mol. The van der Waals surface area contributed by atoms with Crippen LogP contribution in [0.2, 0.25) is 0 Å². The molecular formula is C5H11N5O2. The van der Waals surface area contributed by atoms with Crippen molar-refractivity contribution in [3.05, 3.63) is 0 Å². The number of anilines is 1. The van der Waals surface area contributed by atoms with E-state index in [2.05, 4.69) is 20.8 Å². The molecule has 12 heavy (non-hydrogen) atoms. The Labute approximate surface area is 69.0 Å². The highest BCUT2D eigenvalue weighted by atomic mass is 16.3. The van der Waals surface area contributed by atoms with Crippen LogP contribution in [0.15, 0.2) is 0 Å². The molecule has 68 valence electrons. The molecule has 1 heterocycles. The van der Waals surface area contributed by atoms with Crippen LogP contribution in [0.4, 0.5) is 5.95 Å². The number of hydrogen-bond donors (Lipinski definition) is 3. The Bertz CT molecular complexity index is 237. The molecule has 0 amide bonds. The largest absolute Gasteiger partial charge is 0.394 e. The van der Waals surface area contributed by atoms with E-state index in [1.807, 2.05) is 0 Å². The van der Waals surface area contributed by atoms with E-state index in [1.165, 1.54) is 4.68 Å². The molecule has 0 aliphatic carbocycles. The highest BCUT2D eigenvalue weighted by Gasteiger charge is 2.04. The van der Waals surface area contributed by atoms with Crippen molar-refractivity contribution in [2.75, 3.05) is 18.5 Å². The lowest BCUT2D eigenvalue weighted by molar-refractivity contribution is 0.105. The average Bonchev–Trinajstić information content (AvgIpc) is 2.47. The van der Waals surface area contributed by atoms with Gasteiger partial charge in [0.1, 0.15) is 0 Å². The van der Waals surface area contributed by atoms with Gasteiger partial charge in [-0.1, -0.05) is 5.10 Å². The average molecular weight is 173 g/mol. The normalized spacial score (nSPS) is 12.9. The number of tetrazole rings is 1. The van der Waals surface area contributed by atoms with E-state index in [0.29, 0.717) is 5.95 Å². The van der Waals surface area contributed by atoms with Gasteiger partial charge in [0.25, 0.3) is 0 Å². The second-order valence-corrected chi connectivity index (χ2v) is 2.34. The van der Waals surface area contributed by atoms with Crippen molar-refractivity contribution in [1.82, 2.24) is 20.2 Å². The van der Waals surface area contributed by atoms with Crippen LogP contribution in [0.3, 0.4) is 0 Å². The SMILES string of the molecule is Cn1nnnc1NCC(O)CO. The van der Waals surface area contributed by atoms with Gasteiger partial charge in [-0.15, -0.1) is 0 Å². The fraction of sp³-hybridized carbons (Fsp3) is 0.800. The third kappa shape index (κ3) is 2.14. The smallest absolute Gasteiger partial charge is 0.242 e. The minimum absolute atomic E-state index is 0.227. The number of aromatic nitrogens is 4. The molecule has 7 heteroatoms. The lowest BCUT2D eigenvalue weighted by Crippen LogP contribution is -2.24. The first kappa shape index (κ1) is 8.88. The number of aryl methyl sites for hydroxylation is 1. The topological polar surface area (TPSA) is 96.1 Å². The molecule has 1 aromatic heterocycles. The highest BCUT2D eigenvalue weighted by Crippen LogP contribution is 1.95. The summed E-state index contributed by atoms with van der Waals surface area (Å²) in [4.78, 5) is 0. The summed E-state index contributed by atoms with van der Waals surface area (Å²) in [6, 6.07) is 0. The number of hydrogen-bond acceptors (Lipinski definition) is 6. The van der Waals surface area contributed by atoms with Crippen LogP contribution in [0.5, 0.6) is 0 Å². The van der Waals surface area contributed by atoms with Crippen molar-refractivity contribution in [1.29, 1.82) is 0 Å². The van der Waals surface area contributed by atoms with Gasteiger partial charge in [0, 0.05) is 13.6 Å². The molecule has 1 aromatic rings. The van der Waals surface area contributed by atoms with Gasteiger partial charge in [-0.2, -0.15) is 0 Å². The quantitative estimate of drug-likeness (QED) is 0.486. The van der Waals surface area contributed by atoms with Crippen molar-refractivity contribution in [3.8, 4) is 0 Å². The molecule has 7 nitrogen and oxygen atoms in total. The first-order valence-electron chi connectivity index (χ1n) is 3.49. The van der Waals surface area contributed by atoms with Crippen molar-refractivity contribution in [2.45, 2.75) is 6.10 Å². The van der Waals surface area contributed by atoms with Crippen molar-refractivity contribution < 1.29 is 10.2 Å². The van der Waals surface area contributed by atoms with Gasteiger partial charge >= 0.3 is 0 Å². The van der Waals surface area contributed by atoms with Crippen LogP contribution in [0.1, 0.15) is 0 Å². The van der Waals surface area contributed by atoms with Gasteiger partial charge in [0.2, 0.25) is 5.95 Å². The molecule has 3 N–H and O–H groups in total. The van der Waals surface area contributed by atoms with Gasteiger partial charge in [0.05, 0.1) is 12.7 Å². The number of rotatable bonds is 4. The van der Waals surface area contributed by atoms with Crippen molar-refractivity contribution in [3.63, 3.8) is 0 Å². The van der Waals surface area contributed by atoms with Gasteiger partial charge in [0.15, 0.2) is 0 Å². The molecule has 0 radical (unpaired) electrons. The van der Waals surface area contributed by atoms with Gasteiger partial charge in [-0.25, -0.2) is 4.68 Å². The molecule has 0 aliphatic rings. The van der Waals surface area contributed by atoms with E-state index in [9.17, 15) is 0 Å². The molecule has 0 saturated heterocycles. The Balaban J connectivity index is 2.38.